The molecule has 0 spiro atoms. The van der Waals surface area contributed by atoms with E-state index in [-0.39, 0.29) is 11.8 Å². The number of hydrogen-bond acceptors (Lipinski definition) is 3. The highest BCUT2D eigenvalue weighted by atomic mass is 35.5. The third-order valence-electron chi connectivity index (χ3n) is 8.12. The summed E-state index contributed by atoms with van der Waals surface area (Å²) in [6.07, 6.45) is 10.9. The van der Waals surface area contributed by atoms with E-state index in [1.807, 2.05) is 25.1 Å². The Bertz CT molecular complexity index is 985. The minimum Gasteiger partial charge on any atom is -0.368 e. The molecule has 1 amide bonds. The number of aryl methyl sites for hydroxylation is 2. The van der Waals surface area contributed by atoms with Gasteiger partial charge in [-0.2, -0.15) is 0 Å². The molecular formula is C34H53Cl2N3O. The number of carbonyl (C=O) groups is 1. The summed E-state index contributed by atoms with van der Waals surface area (Å²) in [5.41, 5.74) is 4.09. The lowest BCUT2D eigenvalue weighted by Crippen LogP contribution is -2.46. The first kappa shape index (κ1) is 34.5. The molecule has 0 bridgehead atoms. The predicted octanol–water partition coefficient (Wildman–Crippen LogP) is 8.82. The van der Waals surface area contributed by atoms with Gasteiger partial charge in [-0.1, -0.05) is 114 Å². The van der Waals surface area contributed by atoms with E-state index in [0.29, 0.717) is 16.1 Å². The van der Waals surface area contributed by atoms with E-state index >= 15 is 0 Å². The zero-order chi connectivity index (χ0) is 29.3. The molecular weight excluding hydrogens is 537 g/mol. The van der Waals surface area contributed by atoms with Crippen LogP contribution in [0, 0.1) is 5.92 Å². The summed E-state index contributed by atoms with van der Waals surface area (Å²) < 4.78 is 0. The lowest BCUT2D eigenvalue weighted by Gasteiger charge is -2.36. The number of hydrogen-bond donors (Lipinski definition) is 1. The van der Waals surface area contributed by atoms with Crippen molar-refractivity contribution in [3.8, 4) is 0 Å². The quantitative estimate of drug-likeness (QED) is 0.334. The van der Waals surface area contributed by atoms with Crippen molar-refractivity contribution in [1.29, 1.82) is 0 Å². The Kier molecular flexibility index (Phi) is 16.7. The highest BCUT2D eigenvalue weighted by Gasteiger charge is 2.19. The number of halogens is 2. The van der Waals surface area contributed by atoms with Gasteiger partial charge >= 0.3 is 0 Å². The number of benzene rings is 2. The number of amides is 1. The number of nitrogens with zero attached hydrogens (tertiary/aromatic N) is 2. The second-order valence-electron chi connectivity index (χ2n) is 11.0. The number of carbonyl (C=O) groups excluding carboxylic acids is 1. The van der Waals surface area contributed by atoms with E-state index in [1.165, 1.54) is 56.1 Å². The maximum Gasteiger partial charge on any atom is 0.223 e. The van der Waals surface area contributed by atoms with E-state index in [4.69, 9.17) is 23.2 Å². The summed E-state index contributed by atoms with van der Waals surface area (Å²) >= 11 is 12.2. The van der Waals surface area contributed by atoms with Crippen LogP contribution in [-0.4, -0.2) is 49.6 Å². The van der Waals surface area contributed by atoms with Gasteiger partial charge in [-0.3, -0.25) is 4.79 Å². The van der Waals surface area contributed by atoms with Crippen molar-refractivity contribution >= 4 is 34.8 Å². The molecule has 4 nitrogen and oxygen atoms in total. The van der Waals surface area contributed by atoms with Crippen molar-refractivity contribution in [1.82, 2.24) is 10.2 Å². The van der Waals surface area contributed by atoms with Gasteiger partial charge in [-0.05, 0) is 61.9 Å². The number of likely N-dealkylation sites (N-methyl/N-ethyl adjacent to an activating group) is 1. The van der Waals surface area contributed by atoms with Crippen molar-refractivity contribution in [3.63, 3.8) is 0 Å². The topological polar surface area (TPSA) is 35.6 Å². The summed E-state index contributed by atoms with van der Waals surface area (Å²) in [6.45, 7) is 16.1. The molecule has 224 valence electrons. The fraction of sp³-hybridized carbons (Fsp3) is 0.618. The van der Waals surface area contributed by atoms with Gasteiger partial charge < -0.3 is 15.1 Å². The number of nitrogens with one attached hydrogen (secondary N) is 1. The molecule has 2 aliphatic rings. The predicted molar refractivity (Wildman–Crippen MR) is 175 cm³/mol. The smallest absolute Gasteiger partial charge is 0.223 e. The fourth-order valence-electron chi connectivity index (χ4n) is 5.23. The average molecular weight is 591 g/mol. The molecule has 2 aromatic carbocycles. The maximum atomic E-state index is 11.5. The summed E-state index contributed by atoms with van der Waals surface area (Å²) in [5.74, 6) is 0.427. The van der Waals surface area contributed by atoms with Gasteiger partial charge in [0.05, 0.1) is 15.7 Å². The van der Waals surface area contributed by atoms with Gasteiger partial charge in [-0.25, -0.2) is 0 Å². The zero-order valence-corrected chi connectivity index (χ0v) is 27.2. The van der Waals surface area contributed by atoms with E-state index in [9.17, 15) is 4.79 Å². The number of anilines is 1. The Balaban J connectivity index is 0.000000214. The van der Waals surface area contributed by atoms with Gasteiger partial charge in [0.2, 0.25) is 5.91 Å². The van der Waals surface area contributed by atoms with Gasteiger partial charge in [0.25, 0.3) is 0 Å². The summed E-state index contributed by atoms with van der Waals surface area (Å²) in [6, 6.07) is 15.0. The van der Waals surface area contributed by atoms with Crippen LogP contribution >= 0.6 is 23.2 Å². The molecule has 1 aliphatic carbocycles. The third-order valence-corrected chi connectivity index (χ3v) is 8.93. The largest absolute Gasteiger partial charge is 0.368 e. The van der Waals surface area contributed by atoms with Gasteiger partial charge in [-0.15, -0.1) is 0 Å². The van der Waals surface area contributed by atoms with Crippen LogP contribution in [0.15, 0.2) is 42.5 Å². The second kappa shape index (κ2) is 19.4. The van der Waals surface area contributed by atoms with E-state index in [0.717, 1.165) is 51.3 Å². The molecule has 40 heavy (non-hydrogen) atoms. The number of piperazine rings is 1. The molecule has 1 N–H and O–H groups in total. The molecule has 1 heterocycles. The van der Waals surface area contributed by atoms with E-state index in [1.54, 1.807) is 0 Å². The van der Waals surface area contributed by atoms with E-state index < -0.39 is 0 Å². The summed E-state index contributed by atoms with van der Waals surface area (Å²) in [5, 5.41) is 4.44. The molecule has 1 saturated carbocycles. The zero-order valence-electron chi connectivity index (χ0n) is 25.7. The van der Waals surface area contributed by atoms with Crippen LogP contribution < -0.4 is 10.2 Å². The molecule has 1 unspecified atom stereocenters. The first-order valence-electron chi connectivity index (χ1n) is 15.6. The molecule has 0 aromatic heterocycles. The van der Waals surface area contributed by atoms with Gasteiger partial charge in [0.1, 0.15) is 0 Å². The summed E-state index contributed by atoms with van der Waals surface area (Å²) in [4.78, 5) is 16.3. The Morgan fingerprint density at radius 3 is 2.12 bits per heavy atom. The molecule has 1 atom stereocenters. The van der Waals surface area contributed by atoms with Crippen molar-refractivity contribution in [3.05, 3.63) is 63.6 Å². The molecule has 2 fully saturated rings. The number of rotatable bonds is 8. The molecule has 1 aliphatic heterocycles. The van der Waals surface area contributed by atoms with Crippen LogP contribution in [0.5, 0.6) is 0 Å². The van der Waals surface area contributed by atoms with Crippen molar-refractivity contribution in [2.75, 3.05) is 37.6 Å². The first-order chi connectivity index (χ1) is 19.3. The standard InChI is InChI=1S/C12H16Cl2N2.C11H21NO.C11H16/c1-2-15-6-8-16(9-7-15)11-5-3-4-10(13)12(11)14;1-3-9(2)11(13)12-10-7-5-4-6-8-10;1-3-7-11-9-6-5-8-10(11)4-2/h3-5H,2,6-9H2,1H3;9-10H,3-8H2,1-2H3,(H,12,13);5-6,8-9H,3-4,7H2,1-2H3. The highest BCUT2D eigenvalue weighted by molar-refractivity contribution is 6.43. The highest BCUT2D eigenvalue weighted by Crippen LogP contribution is 2.32. The van der Waals surface area contributed by atoms with Crippen molar-refractivity contribution in [2.45, 2.75) is 98.4 Å². The minimum atomic E-state index is 0.182. The normalized spacial score (nSPS) is 16.7. The monoisotopic (exact) mass is 589 g/mol. The first-order valence-corrected chi connectivity index (χ1v) is 16.4. The van der Waals surface area contributed by atoms with Crippen LogP contribution in [-0.2, 0) is 17.6 Å². The second-order valence-corrected chi connectivity index (χ2v) is 11.8. The molecule has 6 heteroatoms. The fourth-order valence-corrected chi connectivity index (χ4v) is 5.65. The lowest BCUT2D eigenvalue weighted by atomic mass is 9.95. The van der Waals surface area contributed by atoms with Gasteiger partial charge in [0, 0.05) is 38.1 Å². The Morgan fingerprint density at radius 1 is 0.900 bits per heavy atom. The maximum absolute atomic E-state index is 11.5. The Labute approximate surface area is 254 Å². The van der Waals surface area contributed by atoms with Crippen LogP contribution in [0.2, 0.25) is 10.0 Å². The van der Waals surface area contributed by atoms with Crippen LogP contribution in [0.3, 0.4) is 0 Å². The lowest BCUT2D eigenvalue weighted by molar-refractivity contribution is -0.125. The molecule has 2 aromatic rings. The van der Waals surface area contributed by atoms with Crippen molar-refractivity contribution < 1.29 is 4.79 Å². The summed E-state index contributed by atoms with van der Waals surface area (Å²) in [7, 11) is 0. The Hall–Kier alpha value is -1.75. The SMILES string of the molecule is CCC(C)C(=O)NC1CCCCC1.CCCc1ccccc1CC.CCN1CCN(c2cccc(Cl)c2Cl)CC1. The Morgan fingerprint density at radius 2 is 1.55 bits per heavy atom. The van der Waals surface area contributed by atoms with Crippen molar-refractivity contribution in [2.24, 2.45) is 5.92 Å². The van der Waals surface area contributed by atoms with Crippen LogP contribution in [0.25, 0.3) is 0 Å². The average Bonchev–Trinajstić information content (AvgIpc) is 3.00. The van der Waals surface area contributed by atoms with Crippen LogP contribution in [0.4, 0.5) is 5.69 Å². The minimum absolute atomic E-state index is 0.182. The molecule has 1 saturated heterocycles. The van der Waals surface area contributed by atoms with Gasteiger partial charge in [0.15, 0.2) is 0 Å². The third kappa shape index (κ3) is 11.6. The molecule has 4 rings (SSSR count). The molecule has 0 radical (unpaired) electrons. The van der Waals surface area contributed by atoms with E-state index in [2.05, 4.69) is 67.1 Å². The van der Waals surface area contributed by atoms with Crippen LogP contribution in [0.1, 0.15) is 90.7 Å².